The number of likely N-dealkylation sites (N-methyl/N-ethyl adjacent to an activating group) is 1. The van der Waals surface area contributed by atoms with Gasteiger partial charge in [-0.2, -0.15) is 0 Å². The third-order valence-corrected chi connectivity index (χ3v) is 10.9. The number of rotatable bonds is 3. The van der Waals surface area contributed by atoms with Crippen molar-refractivity contribution in [1.29, 1.82) is 0 Å². The molecule has 1 heterocycles. The lowest BCUT2D eigenvalue weighted by atomic mass is 9.98. The number of fused-ring (bicyclic) bond motifs is 2. The van der Waals surface area contributed by atoms with Crippen LogP contribution in [0.1, 0.15) is 50.3 Å². The zero-order chi connectivity index (χ0) is 18.5. The highest BCUT2D eigenvalue weighted by molar-refractivity contribution is 6.74. The monoisotopic (exact) mass is 359 g/mol. The maximum atomic E-state index is 11.3. The summed E-state index contributed by atoms with van der Waals surface area (Å²) >= 11 is 0. The molecule has 0 radical (unpaired) electrons. The van der Waals surface area contributed by atoms with E-state index >= 15 is 0 Å². The fraction of sp³-hybridized carbons (Fsp3) is 0.619. The molecule has 1 N–H and O–H groups in total. The van der Waals surface area contributed by atoms with Crippen LogP contribution >= 0.6 is 0 Å². The maximum Gasteiger partial charge on any atom is 0.192 e. The minimum atomic E-state index is -1.88. The van der Waals surface area contributed by atoms with Gasteiger partial charge in [0.1, 0.15) is 0 Å². The first-order valence-corrected chi connectivity index (χ1v) is 12.4. The van der Waals surface area contributed by atoms with Gasteiger partial charge >= 0.3 is 0 Å². The molecule has 0 saturated heterocycles. The van der Waals surface area contributed by atoms with Crippen molar-refractivity contribution in [2.75, 3.05) is 18.6 Å². The number of benzene rings is 1. The summed E-state index contributed by atoms with van der Waals surface area (Å²) in [6.45, 7) is 11.6. The summed E-state index contributed by atoms with van der Waals surface area (Å²) in [6.07, 6.45) is 8.62. The summed E-state index contributed by atoms with van der Waals surface area (Å²) in [5, 5.41) is 11.5. The Morgan fingerprint density at radius 1 is 1.24 bits per heavy atom. The fourth-order valence-corrected chi connectivity index (χ4v) is 4.48. The molecule has 1 aromatic rings. The van der Waals surface area contributed by atoms with Crippen molar-refractivity contribution in [3.8, 4) is 0 Å². The standard InChI is InChI=1S/C21H33NO2Si/c1-20(2,3)25(5,6)24-15-21(23)14-18-12-16-10-8-7-9-11-17(16)13-19(18)22(21)4/h9,11-13,23H,7-8,10,14-15H2,1-6H3. The molecule has 0 spiro atoms. The number of allylic oxidation sites excluding steroid dienone is 1. The molecule has 25 heavy (non-hydrogen) atoms. The summed E-state index contributed by atoms with van der Waals surface area (Å²) in [5.74, 6) is 0. The molecule has 0 bridgehead atoms. The maximum absolute atomic E-state index is 11.3. The molecule has 1 unspecified atom stereocenters. The van der Waals surface area contributed by atoms with E-state index < -0.39 is 14.0 Å². The Morgan fingerprint density at radius 3 is 2.64 bits per heavy atom. The van der Waals surface area contributed by atoms with E-state index in [1.165, 1.54) is 23.1 Å². The lowest BCUT2D eigenvalue weighted by Crippen LogP contribution is -2.52. The lowest BCUT2D eigenvalue weighted by molar-refractivity contribution is -0.000667. The van der Waals surface area contributed by atoms with Crippen LogP contribution in [0.4, 0.5) is 5.69 Å². The van der Waals surface area contributed by atoms with Gasteiger partial charge in [-0.25, -0.2) is 0 Å². The quantitative estimate of drug-likeness (QED) is 0.791. The third-order valence-electron chi connectivity index (χ3n) is 6.38. The van der Waals surface area contributed by atoms with E-state index in [1.54, 1.807) is 0 Å². The first-order valence-electron chi connectivity index (χ1n) is 9.46. The first-order chi connectivity index (χ1) is 11.5. The van der Waals surface area contributed by atoms with Crippen molar-refractivity contribution < 1.29 is 9.53 Å². The zero-order valence-corrected chi connectivity index (χ0v) is 17.6. The van der Waals surface area contributed by atoms with Gasteiger partial charge in [0.05, 0.1) is 6.61 Å². The summed E-state index contributed by atoms with van der Waals surface area (Å²) < 4.78 is 6.36. The molecule has 4 heteroatoms. The van der Waals surface area contributed by atoms with E-state index in [1.807, 2.05) is 11.9 Å². The summed E-state index contributed by atoms with van der Waals surface area (Å²) in [4.78, 5) is 2.02. The molecule has 0 aromatic heterocycles. The van der Waals surface area contributed by atoms with Gasteiger partial charge in [0.25, 0.3) is 0 Å². The zero-order valence-electron chi connectivity index (χ0n) is 16.6. The van der Waals surface area contributed by atoms with Gasteiger partial charge in [0.15, 0.2) is 14.0 Å². The highest BCUT2D eigenvalue weighted by Crippen LogP contribution is 2.42. The van der Waals surface area contributed by atoms with Crippen LogP contribution in [0.2, 0.25) is 18.1 Å². The fourth-order valence-electron chi connectivity index (χ4n) is 3.45. The van der Waals surface area contributed by atoms with Crippen molar-refractivity contribution in [3.05, 3.63) is 34.9 Å². The molecular formula is C21H33NO2Si. The second-order valence-corrected chi connectivity index (χ2v) is 14.1. The van der Waals surface area contributed by atoms with E-state index in [-0.39, 0.29) is 5.04 Å². The molecule has 138 valence electrons. The van der Waals surface area contributed by atoms with Crippen molar-refractivity contribution in [2.24, 2.45) is 0 Å². The SMILES string of the molecule is CN1c2cc3c(cc2CC1(O)CO[Si](C)(C)C(C)(C)C)CCCC=C3. The second kappa shape index (κ2) is 6.25. The molecule has 0 saturated carbocycles. The van der Waals surface area contributed by atoms with Crippen LogP contribution in [0.5, 0.6) is 0 Å². The topological polar surface area (TPSA) is 32.7 Å². The largest absolute Gasteiger partial charge is 0.412 e. The van der Waals surface area contributed by atoms with Gasteiger partial charge < -0.3 is 14.4 Å². The highest BCUT2D eigenvalue weighted by Gasteiger charge is 2.44. The number of anilines is 1. The molecule has 0 amide bonds. The Morgan fingerprint density at radius 2 is 1.96 bits per heavy atom. The van der Waals surface area contributed by atoms with E-state index in [9.17, 15) is 5.11 Å². The van der Waals surface area contributed by atoms with Gasteiger partial charge in [-0.1, -0.05) is 39.0 Å². The van der Waals surface area contributed by atoms with Gasteiger partial charge in [0.2, 0.25) is 0 Å². The minimum Gasteiger partial charge on any atom is -0.412 e. The minimum absolute atomic E-state index is 0.148. The smallest absolute Gasteiger partial charge is 0.192 e. The molecule has 1 aromatic carbocycles. The van der Waals surface area contributed by atoms with E-state index in [4.69, 9.17) is 4.43 Å². The number of aliphatic hydroxyl groups is 1. The van der Waals surface area contributed by atoms with Crippen molar-refractivity contribution in [2.45, 2.75) is 70.3 Å². The third kappa shape index (κ3) is 3.44. The normalized spacial score (nSPS) is 23.4. The number of hydrogen-bond acceptors (Lipinski definition) is 3. The molecule has 1 atom stereocenters. The van der Waals surface area contributed by atoms with E-state index in [0.29, 0.717) is 13.0 Å². The van der Waals surface area contributed by atoms with Gasteiger partial charge in [0, 0.05) is 19.2 Å². The van der Waals surface area contributed by atoms with Gasteiger partial charge in [-0.3, -0.25) is 0 Å². The molecule has 1 aliphatic carbocycles. The van der Waals surface area contributed by atoms with Crippen LogP contribution < -0.4 is 4.90 Å². The molecule has 3 nitrogen and oxygen atoms in total. The Kier molecular flexibility index (Phi) is 4.67. The predicted octanol–water partition coefficient (Wildman–Crippen LogP) is 4.74. The van der Waals surface area contributed by atoms with Crippen molar-refractivity contribution in [1.82, 2.24) is 0 Å². The number of nitrogens with zero attached hydrogens (tertiary/aromatic N) is 1. The van der Waals surface area contributed by atoms with Gasteiger partial charge in [-0.15, -0.1) is 0 Å². The number of hydrogen-bond donors (Lipinski definition) is 1. The Balaban J connectivity index is 1.83. The second-order valence-electron chi connectivity index (χ2n) is 9.24. The summed E-state index contributed by atoms with van der Waals surface area (Å²) in [5.41, 5.74) is 4.17. The van der Waals surface area contributed by atoms with Gasteiger partial charge in [-0.05, 0) is 60.2 Å². The Bertz CT molecular complexity index is 690. The Hall–Kier alpha value is -1.10. The van der Waals surface area contributed by atoms with Crippen LogP contribution in [0.3, 0.4) is 0 Å². The predicted molar refractivity (Wildman–Crippen MR) is 109 cm³/mol. The first kappa shape index (κ1) is 18.7. The lowest BCUT2D eigenvalue weighted by Gasteiger charge is -2.40. The molecule has 3 rings (SSSR count). The summed E-state index contributed by atoms with van der Waals surface area (Å²) in [6, 6.07) is 4.55. The number of aryl methyl sites for hydroxylation is 1. The Labute approximate surface area is 153 Å². The van der Waals surface area contributed by atoms with Crippen LogP contribution in [0.25, 0.3) is 6.08 Å². The molecular weight excluding hydrogens is 326 g/mol. The van der Waals surface area contributed by atoms with Crippen LogP contribution in [-0.2, 0) is 17.3 Å². The van der Waals surface area contributed by atoms with E-state index in [2.05, 4.69) is 58.2 Å². The van der Waals surface area contributed by atoms with Crippen LogP contribution in [0.15, 0.2) is 18.2 Å². The molecule has 2 aliphatic rings. The highest BCUT2D eigenvalue weighted by atomic mass is 28.4. The van der Waals surface area contributed by atoms with Crippen LogP contribution in [-0.4, -0.2) is 32.8 Å². The van der Waals surface area contributed by atoms with Crippen molar-refractivity contribution in [3.63, 3.8) is 0 Å². The van der Waals surface area contributed by atoms with Crippen LogP contribution in [0, 0.1) is 0 Å². The summed E-state index contributed by atoms with van der Waals surface area (Å²) in [7, 11) is 0.111. The van der Waals surface area contributed by atoms with Crippen molar-refractivity contribution >= 4 is 20.1 Å². The average Bonchev–Trinajstić information content (AvgIpc) is 2.67. The van der Waals surface area contributed by atoms with E-state index in [0.717, 1.165) is 18.5 Å². The molecule has 1 aliphatic heterocycles. The molecule has 0 fully saturated rings. The average molecular weight is 360 g/mol.